The fourth-order valence-corrected chi connectivity index (χ4v) is 2.72. The molecule has 9 nitrogen and oxygen atoms in total. The average molecular weight is 394 g/mol. The number of hydrogen-bond acceptors (Lipinski definition) is 6. The van der Waals surface area contributed by atoms with Crippen molar-refractivity contribution in [1.82, 2.24) is 15.7 Å². The number of non-ortho nitro benzene ring substituents is 1. The molecule has 2 amide bonds. The molecule has 0 aliphatic rings. The number of hydrogen-bond donors (Lipinski definition) is 3. The van der Waals surface area contributed by atoms with Crippen molar-refractivity contribution in [2.24, 2.45) is 10.8 Å². The van der Waals surface area contributed by atoms with E-state index < -0.39 is 21.7 Å². The second kappa shape index (κ2) is 9.61. The van der Waals surface area contributed by atoms with E-state index in [2.05, 4.69) is 10.2 Å². The lowest BCUT2D eigenvalue weighted by molar-refractivity contribution is -0.384. The maximum atomic E-state index is 12.2. The van der Waals surface area contributed by atoms with E-state index in [9.17, 15) is 19.7 Å². The predicted octanol–water partition coefficient (Wildman–Crippen LogP) is 2.20. The number of nitro benzene ring substituents is 1. The molecular formula is C19H30N4O5. The molecule has 28 heavy (non-hydrogen) atoms. The maximum Gasteiger partial charge on any atom is 0.269 e. The molecule has 0 radical (unpaired) electrons. The molecule has 0 unspecified atom stereocenters. The minimum Gasteiger partial charge on any atom is -0.351 e. The molecule has 1 aromatic rings. The Labute approximate surface area is 165 Å². The summed E-state index contributed by atoms with van der Waals surface area (Å²) in [5, 5.41) is 22.5. The van der Waals surface area contributed by atoms with Crippen LogP contribution in [-0.2, 0) is 4.79 Å². The van der Waals surface area contributed by atoms with Gasteiger partial charge in [0.15, 0.2) is 0 Å². The first-order valence-corrected chi connectivity index (χ1v) is 9.15. The fourth-order valence-electron chi connectivity index (χ4n) is 2.72. The highest BCUT2D eigenvalue weighted by molar-refractivity contribution is 5.94. The van der Waals surface area contributed by atoms with Crippen molar-refractivity contribution >= 4 is 17.5 Å². The summed E-state index contributed by atoms with van der Waals surface area (Å²) in [6, 6.07) is 5.43. The molecule has 156 valence electrons. The van der Waals surface area contributed by atoms with Crippen LogP contribution >= 0.6 is 0 Å². The van der Waals surface area contributed by atoms with Gasteiger partial charge >= 0.3 is 0 Å². The van der Waals surface area contributed by atoms with Crippen LogP contribution in [0.3, 0.4) is 0 Å². The topological polar surface area (TPSA) is 125 Å². The molecular weight excluding hydrogens is 364 g/mol. The molecule has 0 aliphatic heterocycles. The number of hydroxylamine groups is 1. The standard InChI is InChI=1S/C19H30N4O5/c1-6-22(13-18(2,3)19(4,5)17(25)21-26)12-11-20-16(24)14-7-9-15(10-8-14)23(27)28/h7-10,26H,6,11-13H2,1-5H3,(H,20,24)(H,21,25). The zero-order valence-electron chi connectivity index (χ0n) is 17.1. The van der Waals surface area contributed by atoms with E-state index in [4.69, 9.17) is 5.21 Å². The Hall–Kier alpha value is -2.52. The number of rotatable bonds is 10. The molecule has 3 N–H and O–H groups in total. The minimum absolute atomic E-state index is 0.0644. The lowest BCUT2D eigenvalue weighted by Gasteiger charge is -2.42. The number of likely N-dealkylation sites (N-methyl/N-ethyl adjacent to an activating group) is 1. The highest BCUT2D eigenvalue weighted by Gasteiger charge is 2.43. The van der Waals surface area contributed by atoms with Crippen LogP contribution in [-0.4, -0.2) is 53.0 Å². The van der Waals surface area contributed by atoms with E-state index in [1.807, 2.05) is 20.8 Å². The summed E-state index contributed by atoms with van der Waals surface area (Å²) in [6.07, 6.45) is 0. The third kappa shape index (κ3) is 5.74. The second-order valence-corrected chi connectivity index (χ2v) is 7.88. The van der Waals surface area contributed by atoms with Gasteiger partial charge in [0, 0.05) is 37.3 Å². The van der Waals surface area contributed by atoms with Gasteiger partial charge < -0.3 is 10.2 Å². The van der Waals surface area contributed by atoms with Crippen molar-refractivity contribution in [3.05, 3.63) is 39.9 Å². The summed E-state index contributed by atoms with van der Waals surface area (Å²) in [6.45, 7) is 11.8. The van der Waals surface area contributed by atoms with Crippen LogP contribution in [0.2, 0.25) is 0 Å². The van der Waals surface area contributed by atoms with Gasteiger partial charge in [-0.15, -0.1) is 0 Å². The summed E-state index contributed by atoms with van der Waals surface area (Å²) in [4.78, 5) is 36.5. The van der Waals surface area contributed by atoms with Gasteiger partial charge in [-0.2, -0.15) is 0 Å². The lowest BCUT2D eigenvalue weighted by Crippen LogP contribution is -2.51. The Kier molecular flexibility index (Phi) is 8.07. The van der Waals surface area contributed by atoms with Gasteiger partial charge in [0.25, 0.3) is 11.6 Å². The van der Waals surface area contributed by atoms with Crippen LogP contribution in [0.4, 0.5) is 5.69 Å². The molecule has 0 aromatic heterocycles. The van der Waals surface area contributed by atoms with Gasteiger partial charge in [0.05, 0.1) is 10.3 Å². The van der Waals surface area contributed by atoms with Crippen molar-refractivity contribution in [2.75, 3.05) is 26.2 Å². The minimum atomic E-state index is -0.794. The number of nitro groups is 1. The monoisotopic (exact) mass is 394 g/mol. The van der Waals surface area contributed by atoms with E-state index >= 15 is 0 Å². The molecule has 0 fully saturated rings. The Balaban J connectivity index is 2.63. The normalized spacial score (nSPS) is 12.0. The average Bonchev–Trinajstić information content (AvgIpc) is 2.65. The van der Waals surface area contributed by atoms with E-state index in [0.29, 0.717) is 25.2 Å². The second-order valence-electron chi connectivity index (χ2n) is 7.88. The van der Waals surface area contributed by atoms with Crippen LogP contribution in [0, 0.1) is 20.9 Å². The Morgan fingerprint density at radius 1 is 1.18 bits per heavy atom. The quantitative estimate of drug-likeness (QED) is 0.317. The third-order valence-corrected chi connectivity index (χ3v) is 5.48. The SMILES string of the molecule is CCN(CCNC(=O)c1ccc([N+](=O)[O-])cc1)CC(C)(C)C(C)(C)C(=O)NO. The highest BCUT2D eigenvalue weighted by atomic mass is 16.6. The summed E-state index contributed by atoms with van der Waals surface area (Å²) in [5.41, 5.74) is 0.798. The van der Waals surface area contributed by atoms with Crippen molar-refractivity contribution in [3.63, 3.8) is 0 Å². The number of amides is 2. The van der Waals surface area contributed by atoms with Gasteiger partial charge in [-0.1, -0.05) is 34.6 Å². The number of benzene rings is 1. The molecule has 1 aromatic carbocycles. The Morgan fingerprint density at radius 2 is 1.75 bits per heavy atom. The number of nitrogens with zero attached hydrogens (tertiary/aromatic N) is 2. The van der Waals surface area contributed by atoms with E-state index in [-0.39, 0.29) is 11.6 Å². The van der Waals surface area contributed by atoms with Crippen LogP contribution in [0.15, 0.2) is 24.3 Å². The van der Waals surface area contributed by atoms with Crippen LogP contribution in [0.5, 0.6) is 0 Å². The summed E-state index contributed by atoms with van der Waals surface area (Å²) < 4.78 is 0. The third-order valence-electron chi connectivity index (χ3n) is 5.48. The van der Waals surface area contributed by atoms with E-state index in [0.717, 1.165) is 6.54 Å². The first kappa shape index (κ1) is 23.5. The molecule has 0 aliphatic carbocycles. The van der Waals surface area contributed by atoms with Crippen molar-refractivity contribution in [3.8, 4) is 0 Å². The molecule has 1 rings (SSSR count). The summed E-state index contributed by atoms with van der Waals surface area (Å²) in [5.74, 6) is -0.745. The van der Waals surface area contributed by atoms with Gasteiger partial charge in [0.1, 0.15) is 0 Å². The highest BCUT2D eigenvalue weighted by Crippen LogP contribution is 2.39. The molecule has 9 heteroatoms. The van der Waals surface area contributed by atoms with Crippen molar-refractivity contribution in [1.29, 1.82) is 0 Å². The van der Waals surface area contributed by atoms with E-state index in [1.165, 1.54) is 24.3 Å². The van der Waals surface area contributed by atoms with Gasteiger partial charge in [-0.05, 0) is 24.1 Å². The van der Waals surface area contributed by atoms with Crippen LogP contribution in [0.25, 0.3) is 0 Å². The van der Waals surface area contributed by atoms with Crippen LogP contribution < -0.4 is 10.8 Å². The van der Waals surface area contributed by atoms with E-state index in [1.54, 1.807) is 19.3 Å². The summed E-state index contributed by atoms with van der Waals surface area (Å²) in [7, 11) is 0. The molecule has 0 heterocycles. The Bertz CT molecular complexity index is 701. The van der Waals surface area contributed by atoms with Crippen molar-refractivity contribution < 1.29 is 19.7 Å². The maximum absolute atomic E-state index is 12.2. The number of carbonyl (C=O) groups is 2. The zero-order valence-corrected chi connectivity index (χ0v) is 17.1. The fraction of sp³-hybridized carbons (Fsp3) is 0.579. The summed E-state index contributed by atoms with van der Waals surface area (Å²) >= 11 is 0. The first-order valence-electron chi connectivity index (χ1n) is 9.15. The molecule has 0 bridgehead atoms. The Morgan fingerprint density at radius 3 is 2.21 bits per heavy atom. The number of nitrogens with one attached hydrogen (secondary N) is 2. The van der Waals surface area contributed by atoms with Gasteiger partial charge in [0.2, 0.25) is 5.91 Å². The lowest BCUT2D eigenvalue weighted by atomic mass is 9.67. The van der Waals surface area contributed by atoms with Gasteiger partial charge in [-0.3, -0.25) is 24.9 Å². The molecule has 0 saturated heterocycles. The number of carbonyl (C=O) groups excluding carboxylic acids is 2. The van der Waals surface area contributed by atoms with Crippen molar-refractivity contribution in [2.45, 2.75) is 34.6 Å². The molecule has 0 saturated carbocycles. The first-order chi connectivity index (χ1) is 13.0. The zero-order chi connectivity index (χ0) is 21.5. The molecule has 0 atom stereocenters. The van der Waals surface area contributed by atoms with Gasteiger partial charge in [-0.25, -0.2) is 5.48 Å². The largest absolute Gasteiger partial charge is 0.351 e. The smallest absolute Gasteiger partial charge is 0.269 e. The van der Waals surface area contributed by atoms with Crippen LogP contribution in [0.1, 0.15) is 45.0 Å². The molecule has 0 spiro atoms. The predicted molar refractivity (Wildman–Crippen MR) is 105 cm³/mol.